The maximum absolute atomic E-state index is 9.19. The molecule has 2 aliphatic heterocycles. The van der Waals surface area contributed by atoms with Crippen molar-refractivity contribution >= 4 is 0 Å². The smallest absolute Gasteiger partial charge is 0.103 e. The minimum atomic E-state index is -0.153. The fraction of sp³-hybridized carbons (Fsp3) is 0.846. The van der Waals surface area contributed by atoms with E-state index in [-0.39, 0.29) is 12.1 Å². The van der Waals surface area contributed by atoms with E-state index in [0.717, 1.165) is 0 Å². The number of aliphatic hydroxyl groups excluding tert-OH is 2. The van der Waals surface area contributed by atoms with E-state index in [1.54, 1.807) is 0 Å². The van der Waals surface area contributed by atoms with Crippen molar-refractivity contribution in [3.63, 3.8) is 0 Å². The quantitative estimate of drug-likeness (QED) is 0.663. The Balaban J connectivity index is 0.000000323. The van der Waals surface area contributed by atoms with Gasteiger partial charge in [0.2, 0.25) is 0 Å². The van der Waals surface area contributed by atoms with Crippen LogP contribution in [0.4, 0.5) is 0 Å². The Morgan fingerprint density at radius 3 is 1.88 bits per heavy atom. The highest BCUT2D eigenvalue weighted by molar-refractivity contribution is 4.99. The molecule has 0 atom stereocenters. The summed E-state index contributed by atoms with van der Waals surface area (Å²) in [6, 6.07) is 0. The highest BCUT2D eigenvalue weighted by Crippen LogP contribution is 2.37. The standard InChI is InChI=1S/C8H15NO.C3H4O.C2H6/c10-7-8-3-1-5-9(8)6-2-4-8;1-2-3-4;1-2/h10H,1-7H2;1,4H,3H2;1-2H3. The summed E-state index contributed by atoms with van der Waals surface area (Å²) in [6.07, 6.45) is 9.56. The van der Waals surface area contributed by atoms with Gasteiger partial charge >= 0.3 is 0 Å². The Hall–Kier alpha value is -0.560. The summed E-state index contributed by atoms with van der Waals surface area (Å²) in [7, 11) is 0. The Morgan fingerprint density at radius 2 is 1.62 bits per heavy atom. The molecule has 0 aromatic heterocycles. The van der Waals surface area contributed by atoms with Gasteiger partial charge in [-0.15, -0.1) is 6.42 Å². The van der Waals surface area contributed by atoms with Gasteiger partial charge in [0.15, 0.2) is 0 Å². The molecule has 0 radical (unpaired) electrons. The van der Waals surface area contributed by atoms with Crippen molar-refractivity contribution in [2.75, 3.05) is 26.3 Å². The average Bonchev–Trinajstić information content (AvgIpc) is 2.91. The van der Waals surface area contributed by atoms with Gasteiger partial charge in [-0.25, -0.2) is 0 Å². The van der Waals surface area contributed by atoms with Crippen molar-refractivity contribution in [2.24, 2.45) is 0 Å². The van der Waals surface area contributed by atoms with E-state index in [4.69, 9.17) is 5.11 Å². The molecular weight excluding hydrogens is 202 g/mol. The van der Waals surface area contributed by atoms with Crippen LogP contribution in [0.1, 0.15) is 39.5 Å². The van der Waals surface area contributed by atoms with Crippen LogP contribution in [-0.2, 0) is 0 Å². The maximum atomic E-state index is 9.19. The number of fused-ring (bicyclic) bond motifs is 1. The van der Waals surface area contributed by atoms with Crippen LogP contribution in [0.5, 0.6) is 0 Å². The Morgan fingerprint density at radius 1 is 1.19 bits per heavy atom. The summed E-state index contributed by atoms with van der Waals surface area (Å²) in [5.41, 5.74) is 0.236. The lowest BCUT2D eigenvalue weighted by Crippen LogP contribution is -2.41. The van der Waals surface area contributed by atoms with Crippen LogP contribution in [0.25, 0.3) is 0 Å². The summed E-state index contributed by atoms with van der Waals surface area (Å²) in [5.74, 6) is 1.99. The van der Waals surface area contributed by atoms with Gasteiger partial charge in [-0.3, -0.25) is 4.90 Å². The third-order valence-corrected chi connectivity index (χ3v) is 3.20. The molecule has 2 heterocycles. The predicted molar refractivity (Wildman–Crippen MR) is 67.1 cm³/mol. The fourth-order valence-electron chi connectivity index (χ4n) is 2.48. The molecule has 0 amide bonds. The number of hydrogen-bond acceptors (Lipinski definition) is 3. The highest BCUT2D eigenvalue weighted by atomic mass is 16.3. The van der Waals surface area contributed by atoms with Crippen molar-refractivity contribution in [1.29, 1.82) is 0 Å². The lowest BCUT2D eigenvalue weighted by atomic mass is 9.96. The Bertz CT molecular complexity index is 200. The first-order valence-corrected chi connectivity index (χ1v) is 6.19. The van der Waals surface area contributed by atoms with Crippen LogP contribution in [0, 0.1) is 12.3 Å². The van der Waals surface area contributed by atoms with Crippen molar-refractivity contribution in [3.8, 4) is 12.3 Å². The molecule has 2 aliphatic rings. The summed E-state index contributed by atoms with van der Waals surface area (Å²) in [5, 5.41) is 16.8. The molecule has 3 heteroatoms. The number of rotatable bonds is 1. The second-order valence-corrected chi connectivity index (χ2v) is 3.94. The molecule has 0 bridgehead atoms. The first-order chi connectivity index (χ1) is 7.79. The van der Waals surface area contributed by atoms with E-state index in [2.05, 4.69) is 11.3 Å². The van der Waals surface area contributed by atoms with Gasteiger partial charge in [0.1, 0.15) is 6.61 Å². The van der Waals surface area contributed by atoms with E-state index in [9.17, 15) is 5.11 Å². The molecule has 94 valence electrons. The molecule has 2 rings (SSSR count). The van der Waals surface area contributed by atoms with Gasteiger partial charge in [0, 0.05) is 5.54 Å². The second-order valence-electron chi connectivity index (χ2n) is 3.94. The molecule has 0 spiro atoms. The third-order valence-electron chi connectivity index (χ3n) is 3.20. The van der Waals surface area contributed by atoms with Gasteiger partial charge in [-0.05, 0) is 38.8 Å². The van der Waals surface area contributed by atoms with Gasteiger partial charge in [0.05, 0.1) is 6.61 Å². The molecule has 2 N–H and O–H groups in total. The zero-order chi connectivity index (χ0) is 12.4. The van der Waals surface area contributed by atoms with Crippen molar-refractivity contribution in [2.45, 2.75) is 45.1 Å². The number of terminal acetylenes is 1. The largest absolute Gasteiger partial charge is 0.394 e. The minimum Gasteiger partial charge on any atom is -0.394 e. The Labute approximate surface area is 99.5 Å². The molecule has 16 heavy (non-hydrogen) atoms. The normalized spacial score (nSPS) is 20.9. The predicted octanol–water partition coefficient (Wildman–Crippen LogP) is 1.25. The molecule has 0 unspecified atom stereocenters. The van der Waals surface area contributed by atoms with Crippen molar-refractivity contribution < 1.29 is 10.2 Å². The highest BCUT2D eigenvalue weighted by Gasteiger charge is 2.43. The van der Waals surface area contributed by atoms with Gasteiger partial charge in [0.25, 0.3) is 0 Å². The molecule has 0 aromatic carbocycles. The molecule has 0 saturated carbocycles. The topological polar surface area (TPSA) is 43.7 Å². The molecule has 2 fully saturated rings. The van der Waals surface area contributed by atoms with E-state index < -0.39 is 0 Å². The molecule has 0 aliphatic carbocycles. The zero-order valence-electron chi connectivity index (χ0n) is 10.6. The van der Waals surface area contributed by atoms with E-state index in [1.807, 2.05) is 19.8 Å². The van der Waals surface area contributed by atoms with Crippen molar-refractivity contribution in [3.05, 3.63) is 0 Å². The van der Waals surface area contributed by atoms with Crippen LogP contribution >= 0.6 is 0 Å². The van der Waals surface area contributed by atoms with Crippen molar-refractivity contribution in [1.82, 2.24) is 4.90 Å². The van der Waals surface area contributed by atoms with E-state index in [0.29, 0.717) is 6.61 Å². The van der Waals surface area contributed by atoms with Gasteiger partial charge in [-0.1, -0.05) is 19.8 Å². The fourth-order valence-corrected chi connectivity index (χ4v) is 2.48. The summed E-state index contributed by atoms with van der Waals surface area (Å²) in [6.45, 7) is 6.67. The minimum absolute atomic E-state index is 0.153. The van der Waals surface area contributed by atoms with Crippen LogP contribution in [0.15, 0.2) is 0 Å². The Kier molecular flexibility index (Phi) is 8.28. The molecular formula is C13H25NO2. The number of hydrogen-bond donors (Lipinski definition) is 2. The lowest BCUT2D eigenvalue weighted by Gasteiger charge is -2.29. The molecule has 0 aromatic rings. The average molecular weight is 227 g/mol. The SMILES string of the molecule is C#CCO.CC.OCC12CCCN1CCC2. The summed E-state index contributed by atoms with van der Waals surface area (Å²) in [4.78, 5) is 2.47. The summed E-state index contributed by atoms with van der Waals surface area (Å²) >= 11 is 0. The molecule has 3 nitrogen and oxygen atoms in total. The zero-order valence-corrected chi connectivity index (χ0v) is 10.6. The molecule has 2 saturated heterocycles. The first kappa shape index (κ1) is 15.4. The number of nitrogens with zero attached hydrogens (tertiary/aromatic N) is 1. The maximum Gasteiger partial charge on any atom is 0.103 e. The van der Waals surface area contributed by atoms with Crippen LogP contribution in [0.3, 0.4) is 0 Å². The first-order valence-electron chi connectivity index (χ1n) is 6.19. The number of aliphatic hydroxyl groups is 2. The summed E-state index contributed by atoms with van der Waals surface area (Å²) < 4.78 is 0. The second kappa shape index (κ2) is 8.58. The van der Waals surface area contributed by atoms with Gasteiger partial charge in [-0.2, -0.15) is 0 Å². The van der Waals surface area contributed by atoms with Crippen LogP contribution < -0.4 is 0 Å². The lowest BCUT2D eigenvalue weighted by molar-refractivity contribution is 0.0999. The third kappa shape index (κ3) is 3.79. The van der Waals surface area contributed by atoms with Gasteiger partial charge < -0.3 is 10.2 Å². The monoisotopic (exact) mass is 227 g/mol. The van der Waals surface area contributed by atoms with E-state index >= 15 is 0 Å². The van der Waals surface area contributed by atoms with E-state index in [1.165, 1.54) is 38.8 Å². The van der Waals surface area contributed by atoms with Crippen LogP contribution in [-0.4, -0.2) is 47.0 Å². The van der Waals surface area contributed by atoms with Crippen LogP contribution in [0.2, 0.25) is 0 Å².